The number of fused-ring (bicyclic) bond motifs is 4. The number of benzene rings is 2. The van der Waals surface area contributed by atoms with Crippen molar-refractivity contribution in [2.24, 2.45) is 0 Å². The number of nitrogens with zero attached hydrogens (tertiary/aromatic N) is 3. The van der Waals surface area contributed by atoms with Crippen molar-refractivity contribution in [2.75, 3.05) is 12.4 Å². The van der Waals surface area contributed by atoms with Gasteiger partial charge in [0, 0.05) is 22.7 Å². The zero-order chi connectivity index (χ0) is 20.5. The quantitative estimate of drug-likeness (QED) is 0.518. The molecule has 1 aliphatic heterocycles. The van der Waals surface area contributed by atoms with Crippen LogP contribution in [0.15, 0.2) is 30.5 Å². The maximum Gasteiger partial charge on any atom is 0.162 e. The lowest BCUT2D eigenvalue weighted by Gasteiger charge is -2.35. The number of aromatic nitrogens is 4. The number of anilines is 1. The summed E-state index contributed by atoms with van der Waals surface area (Å²) in [6.07, 6.45) is 1.72. The Morgan fingerprint density at radius 3 is 2.66 bits per heavy atom. The molecule has 2 aromatic heterocycles. The standard InChI is InChI=1S/C21H19F2N5O/c1-10-26-27-20-21(2,3)25-17-15(23)9-14(19(29-4)18(17)28(10)20)13-7-11(22)8-16-12(13)5-6-24-16/h5-9,24-25H,1-4H3. The van der Waals surface area contributed by atoms with Gasteiger partial charge in [-0.1, -0.05) is 0 Å². The van der Waals surface area contributed by atoms with Gasteiger partial charge in [0.1, 0.15) is 23.1 Å². The molecule has 6 nitrogen and oxygen atoms in total. The highest BCUT2D eigenvalue weighted by atomic mass is 19.1. The second-order valence-electron chi connectivity index (χ2n) is 7.71. The molecule has 0 fully saturated rings. The third-order valence-electron chi connectivity index (χ3n) is 5.38. The highest BCUT2D eigenvalue weighted by Gasteiger charge is 2.38. The van der Waals surface area contributed by atoms with Crippen molar-refractivity contribution in [3.8, 4) is 22.6 Å². The third kappa shape index (κ3) is 2.38. The summed E-state index contributed by atoms with van der Waals surface area (Å²) < 4.78 is 37.2. The molecule has 29 heavy (non-hydrogen) atoms. The Bertz CT molecular complexity index is 1290. The first-order chi connectivity index (χ1) is 13.8. The monoisotopic (exact) mass is 395 g/mol. The van der Waals surface area contributed by atoms with Crippen molar-refractivity contribution in [2.45, 2.75) is 26.3 Å². The van der Waals surface area contributed by atoms with Crippen LogP contribution in [0.1, 0.15) is 25.5 Å². The Balaban J connectivity index is 1.90. The summed E-state index contributed by atoms with van der Waals surface area (Å²) in [7, 11) is 1.52. The molecular formula is C21H19F2N5O. The number of hydrogen-bond acceptors (Lipinski definition) is 4. The summed E-state index contributed by atoms with van der Waals surface area (Å²) in [5.41, 5.74) is 1.76. The van der Waals surface area contributed by atoms with Crippen molar-refractivity contribution in [3.05, 3.63) is 53.7 Å². The van der Waals surface area contributed by atoms with Crippen LogP contribution in [0.25, 0.3) is 27.7 Å². The molecule has 5 rings (SSSR count). The molecule has 148 valence electrons. The van der Waals surface area contributed by atoms with E-state index in [1.807, 2.05) is 19.9 Å². The summed E-state index contributed by atoms with van der Waals surface area (Å²) >= 11 is 0. The summed E-state index contributed by atoms with van der Waals surface area (Å²) in [4.78, 5) is 3.00. The maximum absolute atomic E-state index is 15.4. The lowest BCUT2D eigenvalue weighted by atomic mass is 9.95. The second-order valence-corrected chi connectivity index (χ2v) is 7.71. The van der Waals surface area contributed by atoms with Gasteiger partial charge in [-0.05, 0) is 50.6 Å². The fourth-order valence-electron chi connectivity index (χ4n) is 4.12. The largest absolute Gasteiger partial charge is 0.494 e. The Kier molecular flexibility index (Phi) is 3.53. The third-order valence-corrected chi connectivity index (χ3v) is 5.38. The molecule has 0 saturated carbocycles. The fraction of sp³-hybridized carbons (Fsp3) is 0.238. The van der Waals surface area contributed by atoms with Crippen molar-refractivity contribution >= 4 is 16.6 Å². The molecule has 4 aromatic rings. The highest BCUT2D eigenvalue weighted by Crippen LogP contribution is 2.48. The number of halogens is 2. The van der Waals surface area contributed by atoms with Crippen LogP contribution < -0.4 is 10.1 Å². The van der Waals surface area contributed by atoms with Gasteiger partial charge in [0.05, 0.1) is 18.3 Å². The van der Waals surface area contributed by atoms with E-state index in [1.165, 1.54) is 25.3 Å². The molecular weight excluding hydrogens is 376 g/mol. The van der Waals surface area contributed by atoms with E-state index in [4.69, 9.17) is 4.74 Å². The number of methoxy groups -OCH3 is 1. The first kappa shape index (κ1) is 17.7. The van der Waals surface area contributed by atoms with Crippen molar-refractivity contribution in [1.29, 1.82) is 0 Å². The molecule has 0 amide bonds. The van der Waals surface area contributed by atoms with Crippen LogP contribution in [0, 0.1) is 18.6 Å². The topological polar surface area (TPSA) is 67.8 Å². The van der Waals surface area contributed by atoms with Gasteiger partial charge in [-0.25, -0.2) is 8.78 Å². The minimum atomic E-state index is -0.631. The molecule has 3 heterocycles. The molecule has 0 unspecified atom stereocenters. The minimum absolute atomic E-state index is 0.299. The minimum Gasteiger partial charge on any atom is -0.494 e. The smallest absolute Gasteiger partial charge is 0.162 e. The van der Waals surface area contributed by atoms with E-state index in [1.54, 1.807) is 17.7 Å². The van der Waals surface area contributed by atoms with Gasteiger partial charge >= 0.3 is 0 Å². The highest BCUT2D eigenvalue weighted by molar-refractivity contribution is 5.98. The van der Waals surface area contributed by atoms with Gasteiger partial charge in [0.15, 0.2) is 11.6 Å². The average molecular weight is 395 g/mol. The maximum atomic E-state index is 15.4. The van der Waals surface area contributed by atoms with Crippen LogP contribution in [-0.2, 0) is 5.54 Å². The molecule has 1 aliphatic rings. The normalized spacial score (nSPS) is 14.4. The summed E-state index contributed by atoms with van der Waals surface area (Å²) in [6.45, 7) is 5.62. The first-order valence-corrected chi connectivity index (χ1v) is 9.20. The second kappa shape index (κ2) is 5.79. The molecule has 8 heteroatoms. The Morgan fingerprint density at radius 1 is 1.10 bits per heavy atom. The number of ether oxygens (including phenoxy) is 1. The number of aromatic amines is 1. The fourth-order valence-corrected chi connectivity index (χ4v) is 4.12. The van der Waals surface area contributed by atoms with E-state index in [0.29, 0.717) is 45.4 Å². The van der Waals surface area contributed by atoms with Gasteiger partial charge in [-0.15, -0.1) is 10.2 Å². The molecule has 0 bridgehead atoms. The number of hydrogen-bond donors (Lipinski definition) is 2. The predicted octanol–water partition coefficient (Wildman–Crippen LogP) is 4.67. The Hall–Kier alpha value is -3.42. The molecule has 2 N–H and O–H groups in total. The van der Waals surface area contributed by atoms with Gasteiger partial charge < -0.3 is 15.0 Å². The molecule has 0 aliphatic carbocycles. The van der Waals surface area contributed by atoms with Crippen molar-refractivity contribution < 1.29 is 13.5 Å². The van der Waals surface area contributed by atoms with Gasteiger partial charge in [-0.3, -0.25) is 4.57 Å². The summed E-state index contributed by atoms with van der Waals surface area (Å²) in [6, 6.07) is 6.01. The number of aryl methyl sites for hydroxylation is 1. The van der Waals surface area contributed by atoms with E-state index in [2.05, 4.69) is 20.5 Å². The van der Waals surface area contributed by atoms with Gasteiger partial charge in [0.2, 0.25) is 0 Å². The van der Waals surface area contributed by atoms with Crippen LogP contribution >= 0.6 is 0 Å². The SMILES string of the molecule is COc1c(-c2cc(F)cc3[nH]ccc23)cc(F)c2c1-n1c(C)nnc1C(C)(C)N2. The summed E-state index contributed by atoms with van der Waals surface area (Å²) in [5.74, 6) is 0.785. The van der Waals surface area contributed by atoms with Crippen molar-refractivity contribution in [3.63, 3.8) is 0 Å². The zero-order valence-corrected chi connectivity index (χ0v) is 16.4. The van der Waals surface area contributed by atoms with E-state index >= 15 is 4.39 Å². The van der Waals surface area contributed by atoms with E-state index in [-0.39, 0.29) is 0 Å². The van der Waals surface area contributed by atoms with Crippen LogP contribution in [-0.4, -0.2) is 26.9 Å². The van der Waals surface area contributed by atoms with E-state index in [0.717, 1.165) is 5.39 Å². The van der Waals surface area contributed by atoms with Crippen LogP contribution in [0.5, 0.6) is 5.75 Å². The van der Waals surface area contributed by atoms with Crippen LogP contribution in [0.4, 0.5) is 14.5 Å². The molecule has 2 aromatic carbocycles. The first-order valence-electron chi connectivity index (χ1n) is 9.20. The van der Waals surface area contributed by atoms with Crippen LogP contribution in [0.3, 0.4) is 0 Å². The number of rotatable bonds is 2. The van der Waals surface area contributed by atoms with Gasteiger partial charge in [0.25, 0.3) is 0 Å². The van der Waals surface area contributed by atoms with Crippen molar-refractivity contribution in [1.82, 2.24) is 19.7 Å². The van der Waals surface area contributed by atoms with E-state index < -0.39 is 17.2 Å². The molecule has 0 atom stereocenters. The Labute approximate surface area is 165 Å². The zero-order valence-electron chi connectivity index (χ0n) is 16.4. The van der Waals surface area contributed by atoms with Crippen LogP contribution in [0.2, 0.25) is 0 Å². The number of H-pyrrole nitrogens is 1. The van der Waals surface area contributed by atoms with E-state index in [9.17, 15) is 4.39 Å². The Morgan fingerprint density at radius 2 is 1.90 bits per heavy atom. The molecule has 0 spiro atoms. The lowest BCUT2D eigenvalue weighted by Crippen LogP contribution is -2.36. The average Bonchev–Trinajstić information content (AvgIpc) is 3.28. The molecule has 0 radical (unpaired) electrons. The predicted molar refractivity (Wildman–Crippen MR) is 107 cm³/mol. The summed E-state index contributed by atoms with van der Waals surface area (Å²) in [5, 5.41) is 12.4. The number of nitrogens with one attached hydrogen (secondary N) is 2. The molecule has 0 saturated heterocycles. The lowest BCUT2D eigenvalue weighted by molar-refractivity contribution is 0.409. The van der Waals surface area contributed by atoms with Gasteiger partial charge in [-0.2, -0.15) is 0 Å².